The van der Waals surface area contributed by atoms with Crippen molar-refractivity contribution in [3.63, 3.8) is 0 Å². The number of alkyl halides is 3. The molecule has 12 heteroatoms. The summed E-state index contributed by atoms with van der Waals surface area (Å²) in [5.41, 5.74) is -1.99. The normalized spacial score (nSPS) is 18.9. The van der Waals surface area contributed by atoms with Crippen LogP contribution in [0.15, 0.2) is 53.5 Å². The first-order valence-electron chi connectivity index (χ1n) is 11.7. The standard InChI is InChI=1S/C26H25F4N3O5/c1-3-37-22-9-15(13-31-23(22)35)14-4-6-20(19(27)8-14)33-24(36)32-16-5-7-21(18(10-16)26(28,29)30)38-25(2)11-17(34)12-25/h4-10,13,17,34H,3,11-12H2,1-2H3,(H,31,35)(H2,32,33,36). The fourth-order valence-electron chi connectivity index (χ4n) is 4.18. The number of aliphatic hydroxyl groups excluding tert-OH is 1. The number of anilines is 2. The van der Waals surface area contributed by atoms with Gasteiger partial charge in [0.1, 0.15) is 17.2 Å². The Balaban J connectivity index is 1.48. The van der Waals surface area contributed by atoms with Crippen molar-refractivity contribution in [2.24, 2.45) is 0 Å². The summed E-state index contributed by atoms with van der Waals surface area (Å²) in [6, 6.07) is 7.43. The summed E-state index contributed by atoms with van der Waals surface area (Å²) < 4.78 is 66.5. The van der Waals surface area contributed by atoms with Crippen LogP contribution in [-0.2, 0) is 6.18 Å². The lowest BCUT2D eigenvalue weighted by Crippen LogP contribution is -2.49. The third-order valence-corrected chi connectivity index (χ3v) is 5.95. The van der Waals surface area contributed by atoms with Gasteiger partial charge >= 0.3 is 12.2 Å². The topological polar surface area (TPSA) is 113 Å². The van der Waals surface area contributed by atoms with Crippen LogP contribution in [0.25, 0.3) is 11.1 Å². The summed E-state index contributed by atoms with van der Waals surface area (Å²) in [5, 5.41) is 14.0. The van der Waals surface area contributed by atoms with Crippen LogP contribution in [-0.4, -0.2) is 34.4 Å². The zero-order chi connectivity index (χ0) is 27.7. The zero-order valence-corrected chi connectivity index (χ0v) is 20.4. The van der Waals surface area contributed by atoms with Crippen molar-refractivity contribution in [2.45, 2.75) is 44.6 Å². The van der Waals surface area contributed by atoms with E-state index in [0.29, 0.717) is 11.1 Å². The third-order valence-electron chi connectivity index (χ3n) is 5.95. The van der Waals surface area contributed by atoms with Gasteiger partial charge in [-0.05, 0) is 55.8 Å². The molecule has 2 aromatic carbocycles. The van der Waals surface area contributed by atoms with E-state index in [-0.39, 0.29) is 36.6 Å². The maximum absolute atomic E-state index is 14.7. The predicted molar refractivity (Wildman–Crippen MR) is 132 cm³/mol. The molecule has 202 valence electrons. The van der Waals surface area contributed by atoms with E-state index < -0.39 is 46.6 Å². The molecule has 0 radical (unpaired) electrons. The molecule has 1 aromatic heterocycles. The molecule has 3 aromatic rings. The number of rotatable bonds is 7. The highest BCUT2D eigenvalue weighted by Gasteiger charge is 2.44. The molecule has 2 amide bonds. The monoisotopic (exact) mass is 535 g/mol. The number of hydrogen-bond donors (Lipinski definition) is 4. The Kier molecular flexibility index (Phi) is 7.36. The summed E-state index contributed by atoms with van der Waals surface area (Å²) in [4.78, 5) is 26.7. The number of aromatic nitrogens is 1. The van der Waals surface area contributed by atoms with Crippen molar-refractivity contribution in [3.05, 3.63) is 70.4 Å². The summed E-state index contributed by atoms with van der Waals surface area (Å²) in [5.74, 6) is -1.16. The Morgan fingerprint density at radius 3 is 2.47 bits per heavy atom. The number of halogens is 4. The van der Waals surface area contributed by atoms with Gasteiger partial charge < -0.3 is 30.2 Å². The number of H-pyrrole nitrogens is 1. The molecule has 8 nitrogen and oxygen atoms in total. The largest absolute Gasteiger partial charge is 0.488 e. The van der Waals surface area contributed by atoms with Gasteiger partial charge in [-0.3, -0.25) is 4.79 Å². The van der Waals surface area contributed by atoms with Gasteiger partial charge in [0.25, 0.3) is 5.56 Å². The van der Waals surface area contributed by atoms with Gasteiger partial charge in [0, 0.05) is 30.3 Å². The summed E-state index contributed by atoms with van der Waals surface area (Å²) >= 11 is 0. The molecule has 1 heterocycles. The van der Waals surface area contributed by atoms with Crippen LogP contribution in [0.5, 0.6) is 11.5 Å². The molecule has 38 heavy (non-hydrogen) atoms. The highest BCUT2D eigenvalue weighted by molar-refractivity contribution is 6.00. The summed E-state index contributed by atoms with van der Waals surface area (Å²) in [6.45, 7) is 3.59. The van der Waals surface area contributed by atoms with Gasteiger partial charge in [0.05, 0.1) is 24.0 Å². The fraction of sp³-hybridized carbons (Fsp3) is 0.308. The van der Waals surface area contributed by atoms with Crippen molar-refractivity contribution in [2.75, 3.05) is 17.2 Å². The highest BCUT2D eigenvalue weighted by Crippen LogP contribution is 2.43. The second-order valence-electron chi connectivity index (χ2n) is 9.11. The Morgan fingerprint density at radius 2 is 1.84 bits per heavy atom. The van der Waals surface area contributed by atoms with Crippen LogP contribution >= 0.6 is 0 Å². The van der Waals surface area contributed by atoms with Crippen LogP contribution in [0.2, 0.25) is 0 Å². The number of amides is 2. The van der Waals surface area contributed by atoms with Crippen LogP contribution in [0.3, 0.4) is 0 Å². The summed E-state index contributed by atoms with van der Waals surface area (Å²) in [7, 11) is 0. The lowest BCUT2D eigenvalue weighted by atomic mass is 9.79. The molecule has 4 rings (SSSR count). The molecule has 1 saturated carbocycles. The number of urea groups is 1. The second kappa shape index (κ2) is 10.4. The van der Waals surface area contributed by atoms with Gasteiger partial charge in [-0.2, -0.15) is 13.2 Å². The van der Waals surface area contributed by atoms with E-state index in [9.17, 15) is 32.3 Å². The zero-order valence-electron chi connectivity index (χ0n) is 20.4. The Morgan fingerprint density at radius 1 is 1.11 bits per heavy atom. The quantitative estimate of drug-likeness (QED) is 0.297. The molecule has 4 N–H and O–H groups in total. The number of carbonyl (C=O) groups is 1. The summed E-state index contributed by atoms with van der Waals surface area (Å²) in [6.07, 6.45) is -3.61. The molecule has 0 spiro atoms. The molecular weight excluding hydrogens is 510 g/mol. The van der Waals surface area contributed by atoms with Gasteiger partial charge in [-0.1, -0.05) is 6.07 Å². The molecule has 0 aliphatic heterocycles. The van der Waals surface area contributed by atoms with Crippen molar-refractivity contribution < 1.29 is 36.9 Å². The molecule has 0 atom stereocenters. The molecule has 1 fully saturated rings. The van der Waals surface area contributed by atoms with Crippen molar-refractivity contribution >= 4 is 17.4 Å². The number of carbonyl (C=O) groups excluding carboxylic acids is 1. The smallest absolute Gasteiger partial charge is 0.420 e. The predicted octanol–water partition coefficient (Wildman–Crippen LogP) is 5.53. The lowest BCUT2D eigenvalue weighted by molar-refractivity contribution is -0.142. The fourth-order valence-corrected chi connectivity index (χ4v) is 4.18. The average Bonchev–Trinajstić information content (AvgIpc) is 2.81. The molecule has 1 aliphatic rings. The van der Waals surface area contributed by atoms with Crippen molar-refractivity contribution in [1.29, 1.82) is 0 Å². The van der Waals surface area contributed by atoms with Crippen LogP contribution < -0.4 is 25.7 Å². The number of pyridine rings is 1. The van der Waals surface area contributed by atoms with E-state index in [0.717, 1.165) is 18.2 Å². The van der Waals surface area contributed by atoms with Gasteiger partial charge in [-0.15, -0.1) is 0 Å². The molecule has 0 bridgehead atoms. The van der Waals surface area contributed by atoms with Crippen LogP contribution in [0, 0.1) is 5.82 Å². The third kappa shape index (κ3) is 6.08. The number of ether oxygens (including phenoxy) is 2. The number of hydrogen-bond acceptors (Lipinski definition) is 5. The molecule has 0 unspecified atom stereocenters. The van der Waals surface area contributed by atoms with Gasteiger partial charge in [0.2, 0.25) is 0 Å². The Bertz CT molecular complexity index is 1400. The van der Waals surface area contributed by atoms with E-state index >= 15 is 0 Å². The first kappa shape index (κ1) is 27.0. The minimum atomic E-state index is -4.77. The second-order valence-corrected chi connectivity index (χ2v) is 9.11. The molecule has 0 saturated heterocycles. The van der Waals surface area contributed by atoms with E-state index in [1.54, 1.807) is 13.8 Å². The van der Waals surface area contributed by atoms with Crippen LogP contribution in [0.4, 0.5) is 33.7 Å². The molecule has 1 aliphatic carbocycles. The van der Waals surface area contributed by atoms with Gasteiger partial charge in [0.15, 0.2) is 5.75 Å². The highest BCUT2D eigenvalue weighted by atomic mass is 19.4. The van der Waals surface area contributed by atoms with Crippen molar-refractivity contribution in [3.8, 4) is 22.6 Å². The van der Waals surface area contributed by atoms with Gasteiger partial charge in [-0.25, -0.2) is 9.18 Å². The Labute approximate surface area is 214 Å². The maximum atomic E-state index is 14.7. The lowest BCUT2D eigenvalue weighted by Gasteiger charge is -2.42. The van der Waals surface area contributed by atoms with E-state index in [2.05, 4.69) is 15.6 Å². The van der Waals surface area contributed by atoms with E-state index in [1.165, 1.54) is 30.5 Å². The van der Waals surface area contributed by atoms with Crippen LogP contribution in [0.1, 0.15) is 32.3 Å². The SMILES string of the molecule is CCOc1cc(-c2ccc(NC(=O)Nc3ccc(OC4(C)CC(O)C4)c(C(F)(F)F)c3)c(F)c2)c[nH]c1=O. The average molecular weight is 535 g/mol. The Hall–Kier alpha value is -4.06. The van der Waals surface area contributed by atoms with E-state index in [1.807, 2.05) is 0 Å². The number of nitrogens with one attached hydrogen (secondary N) is 3. The minimum absolute atomic E-state index is 0.0704. The number of aromatic amines is 1. The first-order chi connectivity index (χ1) is 17.9. The minimum Gasteiger partial charge on any atom is -0.488 e. The first-order valence-corrected chi connectivity index (χ1v) is 11.7. The number of aliphatic hydroxyl groups is 1. The molecular formula is C26H25F4N3O5. The number of benzene rings is 2. The van der Waals surface area contributed by atoms with E-state index in [4.69, 9.17) is 9.47 Å². The maximum Gasteiger partial charge on any atom is 0.420 e. The van der Waals surface area contributed by atoms with Crippen molar-refractivity contribution in [1.82, 2.24) is 4.98 Å².